The fourth-order valence-electron chi connectivity index (χ4n) is 3.54. The summed E-state index contributed by atoms with van der Waals surface area (Å²) in [5.74, 6) is 1.31. The van der Waals surface area contributed by atoms with Crippen LogP contribution in [-0.2, 0) is 16.7 Å². The number of alkyl halides is 1. The molecular formula is C20H22FN3OS2. The van der Waals surface area contributed by atoms with Crippen molar-refractivity contribution in [1.29, 1.82) is 5.26 Å². The zero-order chi connectivity index (χ0) is 19.4. The SMILES string of the molecule is C=C(/C=C(C#N)\C=C(/CF)c1cc2c(s1)CCCC21CCSC(N)=N1)OC. The summed E-state index contributed by atoms with van der Waals surface area (Å²) in [5, 5.41) is 9.97. The van der Waals surface area contributed by atoms with Crippen molar-refractivity contribution in [2.45, 2.75) is 31.2 Å². The molecule has 7 heteroatoms. The number of hydrogen-bond acceptors (Lipinski definition) is 6. The Bertz CT molecular complexity index is 878. The van der Waals surface area contributed by atoms with Gasteiger partial charge in [0.2, 0.25) is 0 Å². The van der Waals surface area contributed by atoms with Gasteiger partial charge in [0.1, 0.15) is 12.4 Å². The molecule has 3 rings (SSSR count). The molecule has 2 N–H and O–H groups in total. The second-order valence-corrected chi connectivity index (χ2v) is 8.82. The highest BCUT2D eigenvalue weighted by molar-refractivity contribution is 8.13. The Balaban J connectivity index is 2.01. The maximum atomic E-state index is 13.8. The Morgan fingerprint density at radius 1 is 1.52 bits per heavy atom. The first-order valence-corrected chi connectivity index (χ1v) is 10.5. The molecule has 1 aliphatic heterocycles. The van der Waals surface area contributed by atoms with Crippen molar-refractivity contribution in [1.82, 2.24) is 0 Å². The Kier molecular flexibility index (Phi) is 6.08. The van der Waals surface area contributed by atoms with Gasteiger partial charge in [0.05, 0.1) is 24.3 Å². The number of fused-ring (bicyclic) bond motifs is 2. The summed E-state index contributed by atoms with van der Waals surface area (Å²) in [4.78, 5) is 6.90. The lowest BCUT2D eigenvalue weighted by atomic mass is 9.78. The predicted octanol–water partition coefficient (Wildman–Crippen LogP) is 4.69. The van der Waals surface area contributed by atoms with Crippen molar-refractivity contribution in [3.63, 3.8) is 0 Å². The molecule has 2 heterocycles. The normalized spacial score (nSPS) is 22.8. The molecule has 0 saturated heterocycles. The molecule has 4 nitrogen and oxygen atoms in total. The molecule has 1 atom stereocenters. The number of nitrogens with two attached hydrogens (primary N) is 1. The van der Waals surface area contributed by atoms with E-state index in [1.165, 1.54) is 23.6 Å². The average molecular weight is 404 g/mol. The second kappa shape index (κ2) is 8.32. The molecule has 0 fully saturated rings. The maximum Gasteiger partial charge on any atom is 0.154 e. The van der Waals surface area contributed by atoms with Crippen LogP contribution in [0.15, 0.2) is 41.1 Å². The van der Waals surface area contributed by atoms with Crippen LogP contribution in [0.2, 0.25) is 0 Å². The number of nitrogens with zero attached hydrogens (tertiary/aromatic N) is 2. The van der Waals surface area contributed by atoms with E-state index in [0.717, 1.165) is 36.3 Å². The molecule has 1 aromatic rings. The number of halogens is 1. The van der Waals surface area contributed by atoms with E-state index in [-0.39, 0.29) is 5.54 Å². The molecule has 0 saturated carbocycles. The third kappa shape index (κ3) is 4.12. The molecule has 0 amide bonds. The molecule has 142 valence electrons. The van der Waals surface area contributed by atoms with E-state index in [2.05, 4.69) is 18.7 Å². The van der Waals surface area contributed by atoms with Gasteiger partial charge in [-0.1, -0.05) is 18.3 Å². The molecule has 1 aliphatic carbocycles. The number of hydrogen-bond donors (Lipinski definition) is 1. The minimum Gasteiger partial charge on any atom is -0.497 e. The molecule has 0 bridgehead atoms. The van der Waals surface area contributed by atoms with E-state index in [9.17, 15) is 9.65 Å². The number of aryl methyl sites for hydroxylation is 1. The van der Waals surface area contributed by atoms with Crippen LogP contribution in [0.5, 0.6) is 0 Å². The fourth-order valence-corrected chi connectivity index (χ4v) is 5.72. The van der Waals surface area contributed by atoms with Crippen molar-refractivity contribution in [2.75, 3.05) is 19.5 Å². The van der Waals surface area contributed by atoms with Crippen LogP contribution in [0.25, 0.3) is 5.57 Å². The van der Waals surface area contributed by atoms with Gasteiger partial charge in [-0.15, -0.1) is 11.3 Å². The van der Waals surface area contributed by atoms with Crippen molar-refractivity contribution in [3.8, 4) is 6.07 Å². The highest BCUT2D eigenvalue weighted by Crippen LogP contribution is 2.48. The number of nitriles is 1. The highest BCUT2D eigenvalue weighted by Gasteiger charge is 2.39. The molecule has 27 heavy (non-hydrogen) atoms. The van der Waals surface area contributed by atoms with Gasteiger partial charge in [-0.25, -0.2) is 4.39 Å². The van der Waals surface area contributed by atoms with Crippen LogP contribution in [0.1, 0.15) is 34.6 Å². The lowest BCUT2D eigenvalue weighted by Crippen LogP contribution is -2.34. The summed E-state index contributed by atoms with van der Waals surface area (Å²) >= 11 is 3.19. The van der Waals surface area contributed by atoms with Crippen molar-refractivity contribution >= 4 is 33.8 Å². The van der Waals surface area contributed by atoms with Gasteiger partial charge >= 0.3 is 0 Å². The summed E-state index contributed by atoms with van der Waals surface area (Å²) < 4.78 is 18.8. The molecule has 2 aliphatic rings. The van der Waals surface area contributed by atoms with Crippen molar-refractivity contribution in [2.24, 2.45) is 10.7 Å². The quantitative estimate of drug-likeness (QED) is 0.440. The first-order valence-electron chi connectivity index (χ1n) is 8.74. The fraction of sp³-hybridized carbons (Fsp3) is 0.400. The van der Waals surface area contributed by atoms with Crippen molar-refractivity contribution < 1.29 is 9.13 Å². The molecule has 1 spiro atoms. The Morgan fingerprint density at radius 2 is 2.33 bits per heavy atom. The monoisotopic (exact) mass is 403 g/mol. The number of ether oxygens (including phenoxy) is 1. The zero-order valence-electron chi connectivity index (χ0n) is 15.3. The Morgan fingerprint density at radius 3 is 3.00 bits per heavy atom. The largest absolute Gasteiger partial charge is 0.497 e. The smallest absolute Gasteiger partial charge is 0.154 e. The lowest BCUT2D eigenvalue weighted by Gasteiger charge is -2.36. The van der Waals surface area contributed by atoms with E-state index in [0.29, 0.717) is 22.1 Å². The van der Waals surface area contributed by atoms with E-state index >= 15 is 0 Å². The number of methoxy groups -OCH3 is 1. The van der Waals surface area contributed by atoms with Crippen LogP contribution in [0, 0.1) is 11.3 Å². The van der Waals surface area contributed by atoms with E-state index in [1.807, 2.05) is 0 Å². The number of thioether (sulfide) groups is 1. The second-order valence-electron chi connectivity index (χ2n) is 6.57. The van der Waals surface area contributed by atoms with Crippen LogP contribution in [0.3, 0.4) is 0 Å². The first kappa shape index (κ1) is 19.7. The third-order valence-electron chi connectivity index (χ3n) is 4.89. The average Bonchev–Trinajstić information content (AvgIpc) is 3.10. The molecule has 0 aromatic carbocycles. The van der Waals surface area contributed by atoms with Gasteiger partial charge in [0, 0.05) is 21.1 Å². The van der Waals surface area contributed by atoms with Gasteiger partial charge in [-0.3, -0.25) is 4.99 Å². The predicted molar refractivity (Wildman–Crippen MR) is 111 cm³/mol. The third-order valence-corrected chi connectivity index (χ3v) is 6.96. The zero-order valence-corrected chi connectivity index (χ0v) is 16.9. The highest BCUT2D eigenvalue weighted by atomic mass is 32.2. The number of aliphatic imine (C=N–C) groups is 1. The summed E-state index contributed by atoms with van der Waals surface area (Å²) in [6.07, 6.45) is 7.04. The number of allylic oxidation sites excluding steroid dienone is 4. The molecule has 1 unspecified atom stereocenters. The van der Waals surface area contributed by atoms with Crippen LogP contribution >= 0.6 is 23.1 Å². The van der Waals surface area contributed by atoms with Crippen LogP contribution < -0.4 is 5.73 Å². The summed E-state index contributed by atoms with van der Waals surface area (Å²) in [5.41, 5.74) is 7.73. The standard InChI is InChI=1S/C20H22FN3OS2/c1-13(25-2)8-14(12-22)9-15(11-21)18-10-16-17(27-18)4-3-5-20(16)6-7-26-19(23)24-20/h8-10H,1,3-7,11H2,2H3,(H2,23,24)/b14-8+,15-9+. The Hall–Kier alpha value is -2.04. The summed E-state index contributed by atoms with van der Waals surface area (Å²) in [6, 6.07) is 4.12. The van der Waals surface area contributed by atoms with E-state index in [4.69, 9.17) is 15.5 Å². The summed E-state index contributed by atoms with van der Waals surface area (Å²) in [7, 11) is 1.48. The van der Waals surface area contributed by atoms with E-state index in [1.54, 1.807) is 29.2 Å². The van der Waals surface area contributed by atoms with Gasteiger partial charge < -0.3 is 10.5 Å². The topological polar surface area (TPSA) is 71.4 Å². The van der Waals surface area contributed by atoms with E-state index < -0.39 is 6.67 Å². The molecular weight excluding hydrogens is 381 g/mol. The van der Waals surface area contributed by atoms with Gasteiger partial charge in [-0.05, 0) is 49.5 Å². The van der Waals surface area contributed by atoms with Crippen LogP contribution in [-0.4, -0.2) is 24.7 Å². The summed E-state index contributed by atoms with van der Waals surface area (Å²) in [6.45, 7) is 3.04. The number of amidine groups is 1. The van der Waals surface area contributed by atoms with Crippen LogP contribution in [0.4, 0.5) is 4.39 Å². The maximum absolute atomic E-state index is 13.8. The molecule has 0 radical (unpaired) electrons. The minimum absolute atomic E-state index is 0.267. The van der Waals surface area contributed by atoms with Gasteiger partial charge in [0.25, 0.3) is 0 Å². The Labute approximate surface area is 167 Å². The van der Waals surface area contributed by atoms with Crippen molar-refractivity contribution in [3.05, 3.63) is 51.4 Å². The van der Waals surface area contributed by atoms with Gasteiger partial charge in [-0.2, -0.15) is 5.26 Å². The molecule has 1 aromatic heterocycles. The lowest BCUT2D eigenvalue weighted by molar-refractivity contribution is 0.308. The van der Waals surface area contributed by atoms with Gasteiger partial charge in [0.15, 0.2) is 5.17 Å². The number of rotatable bonds is 5. The first-order chi connectivity index (χ1) is 13.0. The minimum atomic E-state index is -0.647. The number of thiophene rings is 1.